The molecule has 136 valence electrons. The third kappa shape index (κ3) is 3.54. The lowest BCUT2D eigenvalue weighted by Gasteiger charge is -2.07. The molecule has 4 rings (SSSR count). The number of aromatic nitrogens is 3. The Morgan fingerprint density at radius 1 is 1.00 bits per heavy atom. The minimum atomic E-state index is 0.492. The number of nitrogens with zero attached hydrogens (tertiary/aromatic N) is 3. The Kier molecular flexibility index (Phi) is 5.09. The van der Waals surface area contributed by atoms with Crippen molar-refractivity contribution in [3.63, 3.8) is 0 Å². The van der Waals surface area contributed by atoms with Gasteiger partial charge in [-0.05, 0) is 42.5 Å². The average molecular weight is 376 g/mol. The molecule has 6 heteroatoms. The van der Waals surface area contributed by atoms with E-state index in [0.717, 1.165) is 40.0 Å². The van der Waals surface area contributed by atoms with Crippen LogP contribution in [0.4, 0.5) is 5.82 Å². The van der Waals surface area contributed by atoms with Gasteiger partial charge in [0.15, 0.2) is 5.65 Å². The number of benzene rings is 2. The molecule has 0 radical (unpaired) electrons. The second-order valence-corrected chi connectivity index (χ2v) is 7.39. The normalized spacial score (nSPS) is 11.1. The molecular weight excluding hydrogens is 354 g/mol. The fraction of sp³-hybridized carbons (Fsp3) is 0.143. The molecule has 0 aliphatic carbocycles. The van der Waals surface area contributed by atoms with Crippen molar-refractivity contribution in [3.8, 4) is 16.8 Å². The van der Waals surface area contributed by atoms with Gasteiger partial charge < -0.3 is 16.0 Å². The van der Waals surface area contributed by atoms with E-state index in [1.165, 1.54) is 11.2 Å². The Bertz CT molecular complexity index is 1060. The molecule has 0 atom stereocenters. The lowest BCUT2D eigenvalue weighted by Crippen LogP contribution is -1.99. The molecule has 0 saturated heterocycles. The van der Waals surface area contributed by atoms with Crippen molar-refractivity contribution < 1.29 is 0 Å². The molecule has 4 N–H and O–H groups in total. The van der Waals surface area contributed by atoms with Crippen molar-refractivity contribution in [1.29, 1.82) is 0 Å². The maximum absolute atomic E-state index is 6.22. The zero-order valence-corrected chi connectivity index (χ0v) is 15.7. The van der Waals surface area contributed by atoms with Crippen LogP contribution in [0.5, 0.6) is 0 Å². The predicted molar refractivity (Wildman–Crippen MR) is 113 cm³/mol. The van der Waals surface area contributed by atoms with E-state index < -0.39 is 0 Å². The molecule has 2 aromatic heterocycles. The second-order valence-electron chi connectivity index (χ2n) is 6.22. The molecule has 5 nitrogen and oxygen atoms in total. The van der Waals surface area contributed by atoms with Gasteiger partial charge in [0.2, 0.25) is 0 Å². The molecule has 27 heavy (non-hydrogen) atoms. The third-order valence-electron chi connectivity index (χ3n) is 4.41. The van der Waals surface area contributed by atoms with Crippen LogP contribution in [0.1, 0.15) is 6.42 Å². The van der Waals surface area contributed by atoms with Crippen LogP contribution in [0.15, 0.2) is 72.0 Å². The van der Waals surface area contributed by atoms with Gasteiger partial charge in [-0.3, -0.25) is 0 Å². The average Bonchev–Trinajstić information content (AvgIpc) is 3.10. The van der Waals surface area contributed by atoms with Crippen molar-refractivity contribution in [2.75, 3.05) is 18.0 Å². The summed E-state index contributed by atoms with van der Waals surface area (Å²) in [4.78, 5) is 9.94. The summed E-state index contributed by atoms with van der Waals surface area (Å²) in [6.45, 7) is 0.714. The van der Waals surface area contributed by atoms with Crippen molar-refractivity contribution >= 4 is 28.6 Å². The SMILES string of the molecule is NCCCSc1cccc(-n2cc(-c3ccccc3)c3c(N)ncnc32)c1. The van der Waals surface area contributed by atoms with Gasteiger partial charge in [-0.25, -0.2) is 9.97 Å². The van der Waals surface area contributed by atoms with E-state index in [1.54, 1.807) is 0 Å². The standard InChI is InChI=1S/C21H21N5S/c22-10-5-11-27-17-9-4-8-16(12-17)26-13-18(15-6-2-1-3-7-15)19-20(23)24-14-25-21(19)26/h1-4,6-9,12-14H,5,10-11,22H2,(H2,23,24,25). The summed E-state index contributed by atoms with van der Waals surface area (Å²) in [5.41, 5.74) is 15.8. The lowest BCUT2D eigenvalue weighted by atomic mass is 10.1. The summed E-state index contributed by atoms with van der Waals surface area (Å²) in [6, 6.07) is 18.6. The molecular formula is C21H21N5S. The molecule has 0 aliphatic rings. The summed E-state index contributed by atoms with van der Waals surface area (Å²) in [5, 5.41) is 0.880. The van der Waals surface area contributed by atoms with Gasteiger partial charge in [0.25, 0.3) is 0 Å². The molecule has 0 saturated carbocycles. The lowest BCUT2D eigenvalue weighted by molar-refractivity contribution is 0.943. The summed E-state index contributed by atoms with van der Waals surface area (Å²) in [6.07, 6.45) is 4.61. The van der Waals surface area contributed by atoms with Crippen LogP contribution in [0.3, 0.4) is 0 Å². The Morgan fingerprint density at radius 3 is 2.67 bits per heavy atom. The molecule has 2 aromatic carbocycles. The zero-order chi connectivity index (χ0) is 18.6. The molecule has 0 bridgehead atoms. The molecule has 4 aromatic rings. The van der Waals surface area contributed by atoms with Crippen LogP contribution in [-0.4, -0.2) is 26.8 Å². The fourth-order valence-electron chi connectivity index (χ4n) is 3.12. The van der Waals surface area contributed by atoms with E-state index in [9.17, 15) is 0 Å². The number of hydrogen-bond donors (Lipinski definition) is 2. The van der Waals surface area contributed by atoms with Crippen LogP contribution in [0.2, 0.25) is 0 Å². The van der Waals surface area contributed by atoms with Gasteiger partial charge in [0.05, 0.1) is 5.39 Å². The molecule has 0 aliphatic heterocycles. The maximum atomic E-state index is 6.22. The van der Waals surface area contributed by atoms with E-state index in [0.29, 0.717) is 12.4 Å². The Labute approximate surface area is 162 Å². The summed E-state index contributed by atoms with van der Waals surface area (Å²) in [7, 11) is 0. The van der Waals surface area contributed by atoms with Crippen LogP contribution in [0, 0.1) is 0 Å². The van der Waals surface area contributed by atoms with Gasteiger partial charge >= 0.3 is 0 Å². The highest BCUT2D eigenvalue weighted by molar-refractivity contribution is 7.99. The number of fused-ring (bicyclic) bond motifs is 1. The number of hydrogen-bond acceptors (Lipinski definition) is 5. The van der Waals surface area contributed by atoms with Crippen LogP contribution in [-0.2, 0) is 0 Å². The fourth-order valence-corrected chi connectivity index (χ4v) is 4.04. The Balaban J connectivity index is 1.84. The van der Waals surface area contributed by atoms with E-state index in [-0.39, 0.29) is 0 Å². The first-order chi connectivity index (χ1) is 13.3. The van der Waals surface area contributed by atoms with Crippen molar-refractivity contribution in [2.45, 2.75) is 11.3 Å². The van der Waals surface area contributed by atoms with E-state index >= 15 is 0 Å². The molecule has 0 amide bonds. The molecule has 0 fully saturated rings. The summed E-state index contributed by atoms with van der Waals surface area (Å²) < 4.78 is 2.09. The summed E-state index contributed by atoms with van der Waals surface area (Å²) >= 11 is 1.81. The maximum Gasteiger partial charge on any atom is 0.150 e. The number of rotatable bonds is 6. The topological polar surface area (TPSA) is 82.8 Å². The van der Waals surface area contributed by atoms with Crippen LogP contribution < -0.4 is 11.5 Å². The second kappa shape index (κ2) is 7.82. The minimum absolute atomic E-state index is 0.492. The number of nitrogens with two attached hydrogens (primary N) is 2. The summed E-state index contributed by atoms with van der Waals surface area (Å²) in [5.74, 6) is 1.50. The Hall–Kier alpha value is -2.83. The first-order valence-electron chi connectivity index (χ1n) is 8.88. The highest BCUT2D eigenvalue weighted by Crippen LogP contribution is 2.34. The first kappa shape index (κ1) is 17.6. The van der Waals surface area contributed by atoms with E-state index in [1.807, 2.05) is 30.0 Å². The highest BCUT2D eigenvalue weighted by Gasteiger charge is 2.16. The molecule has 2 heterocycles. The minimum Gasteiger partial charge on any atom is -0.383 e. The first-order valence-corrected chi connectivity index (χ1v) is 9.87. The van der Waals surface area contributed by atoms with E-state index in [2.05, 4.69) is 57.1 Å². The predicted octanol–water partition coefficient (Wildman–Crippen LogP) is 4.11. The largest absolute Gasteiger partial charge is 0.383 e. The van der Waals surface area contributed by atoms with Gasteiger partial charge in [-0.2, -0.15) is 0 Å². The smallest absolute Gasteiger partial charge is 0.150 e. The zero-order valence-electron chi connectivity index (χ0n) is 14.9. The van der Waals surface area contributed by atoms with Crippen molar-refractivity contribution in [2.24, 2.45) is 5.73 Å². The Morgan fingerprint density at radius 2 is 1.85 bits per heavy atom. The monoisotopic (exact) mass is 375 g/mol. The van der Waals surface area contributed by atoms with Gasteiger partial charge in [-0.1, -0.05) is 36.4 Å². The number of thioether (sulfide) groups is 1. The molecule has 0 unspecified atom stereocenters. The van der Waals surface area contributed by atoms with Gasteiger partial charge in [0, 0.05) is 22.3 Å². The molecule has 0 spiro atoms. The number of anilines is 1. The van der Waals surface area contributed by atoms with Crippen LogP contribution >= 0.6 is 11.8 Å². The highest BCUT2D eigenvalue weighted by atomic mass is 32.2. The number of nitrogen functional groups attached to an aromatic ring is 1. The van der Waals surface area contributed by atoms with Gasteiger partial charge in [-0.15, -0.1) is 11.8 Å². The van der Waals surface area contributed by atoms with Crippen molar-refractivity contribution in [1.82, 2.24) is 14.5 Å². The third-order valence-corrected chi connectivity index (χ3v) is 5.49. The van der Waals surface area contributed by atoms with Gasteiger partial charge in [0.1, 0.15) is 12.1 Å². The van der Waals surface area contributed by atoms with E-state index in [4.69, 9.17) is 11.5 Å². The van der Waals surface area contributed by atoms with Crippen molar-refractivity contribution in [3.05, 3.63) is 67.1 Å². The quantitative estimate of drug-likeness (QED) is 0.391. The van der Waals surface area contributed by atoms with Crippen LogP contribution in [0.25, 0.3) is 27.8 Å².